The molecule has 0 bridgehead atoms. The number of quaternary nitrogens is 1. The first kappa shape index (κ1) is 20.7. The van der Waals surface area contributed by atoms with Crippen LogP contribution >= 0.6 is 34.5 Å². The van der Waals surface area contributed by atoms with E-state index in [0.29, 0.717) is 20.6 Å². The van der Waals surface area contributed by atoms with E-state index >= 15 is 0 Å². The third-order valence-electron chi connectivity index (χ3n) is 4.92. The zero-order valence-electron chi connectivity index (χ0n) is 15.7. The Labute approximate surface area is 186 Å². The first-order chi connectivity index (χ1) is 14.4. The largest absolute Gasteiger partial charge is 0.451 e. The predicted octanol–water partition coefficient (Wildman–Crippen LogP) is 5.08. The van der Waals surface area contributed by atoms with E-state index in [-0.39, 0.29) is 17.7 Å². The highest BCUT2D eigenvalue weighted by molar-refractivity contribution is 7.16. The molecule has 1 unspecified atom stereocenters. The second-order valence-electron chi connectivity index (χ2n) is 6.75. The molecule has 0 fully saturated rings. The molecule has 1 aliphatic heterocycles. The van der Waals surface area contributed by atoms with Crippen LogP contribution in [0.25, 0.3) is 0 Å². The Morgan fingerprint density at radius 1 is 1.00 bits per heavy atom. The van der Waals surface area contributed by atoms with Gasteiger partial charge in [0.2, 0.25) is 0 Å². The van der Waals surface area contributed by atoms with Crippen LogP contribution in [0.15, 0.2) is 54.6 Å². The van der Waals surface area contributed by atoms with E-state index in [1.54, 1.807) is 37.3 Å². The number of hydrogen-bond donors (Lipinski definition) is 2. The van der Waals surface area contributed by atoms with E-state index in [1.165, 1.54) is 29.5 Å². The molecule has 1 atom stereocenters. The molecule has 4 amide bonds. The number of carbonyl (C=O) groups excluding carboxylic acids is 3. The highest BCUT2D eigenvalue weighted by Crippen LogP contribution is 2.39. The van der Waals surface area contributed by atoms with Crippen LogP contribution in [0, 0.1) is 6.92 Å². The van der Waals surface area contributed by atoms with Gasteiger partial charge in [0.15, 0.2) is 5.69 Å². The van der Waals surface area contributed by atoms with Gasteiger partial charge in [-0.3, -0.25) is 0 Å². The minimum absolute atomic E-state index is 0.121. The van der Waals surface area contributed by atoms with Crippen molar-refractivity contribution in [2.45, 2.75) is 13.5 Å². The number of hydrogen-bond acceptors (Lipinski definition) is 5. The molecule has 9 heteroatoms. The lowest BCUT2D eigenvalue weighted by Gasteiger charge is -2.26. The lowest BCUT2D eigenvalue weighted by atomic mass is 10.1. The van der Waals surface area contributed by atoms with Crippen LogP contribution in [0.1, 0.15) is 31.2 Å². The molecule has 3 aromatic rings. The van der Waals surface area contributed by atoms with E-state index in [0.717, 1.165) is 4.88 Å². The number of hydrazine groups is 1. The van der Waals surface area contributed by atoms with Crippen molar-refractivity contribution < 1.29 is 14.4 Å². The van der Waals surface area contributed by atoms with Crippen molar-refractivity contribution in [2.75, 3.05) is 0 Å². The number of carbonyl (C=O) groups is 3. The SMILES string of the molecule is Cc1ccccc1[N+]1(C(=O)NNCc2ccc(Cl)s2)C(=O)c2ccc(Cl)cc2C1=O. The zero-order chi connectivity index (χ0) is 21.5. The van der Waals surface area contributed by atoms with Gasteiger partial charge in [0.1, 0.15) is 0 Å². The Bertz CT molecular complexity index is 1190. The molecule has 4 rings (SSSR count). The number of nitrogens with zero attached hydrogens (tertiary/aromatic N) is 1. The van der Waals surface area contributed by atoms with Gasteiger partial charge < -0.3 is 0 Å². The van der Waals surface area contributed by atoms with Gasteiger partial charge in [0, 0.05) is 28.1 Å². The van der Waals surface area contributed by atoms with Gasteiger partial charge >= 0.3 is 17.8 Å². The molecular formula is C21H16Cl2N3O3S+. The van der Waals surface area contributed by atoms with E-state index in [2.05, 4.69) is 10.9 Å². The minimum atomic E-state index is -1.12. The molecule has 152 valence electrons. The number of benzene rings is 2. The fourth-order valence-corrected chi connectivity index (χ4v) is 4.72. The maximum atomic E-state index is 13.5. The van der Waals surface area contributed by atoms with Crippen molar-refractivity contribution in [3.8, 4) is 0 Å². The first-order valence-corrected chi connectivity index (χ1v) is 10.5. The Kier molecular flexibility index (Phi) is 5.48. The predicted molar refractivity (Wildman–Crippen MR) is 118 cm³/mol. The van der Waals surface area contributed by atoms with Crippen molar-refractivity contribution in [1.82, 2.24) is 15.3 Å². The summed E-state index contributed by atoms with van der Waals surface area (Å²) in [5.41, 5.74) is 6.53. The number of rotatable bonds is 4. The number of amides is 4. The van der Waals surface area contributed by atoms with Gasteiger partial charge in [-0.1, -0.05) is 45.9 Å². The number of nitrogens with one attached hydrogen (secondary N) is 2. The monoisotopic (exact) mass is 460 g/mol. The van der Waals surface area contributed by atoms with Crippen molar-refractivity contribution >= 4 is 58.1 Å². The van der Waals surface area contributed by atoms with Crippen LogP contribution in [0.3, 0.4) is 0 Å². The molecule has 2 aromatic carbocycles. The summed E-state index contributed by atoms with van der Waals surface area (Å²) in [6.07, 6.45) is 0. The summed E-state index contributed by atoms with van der Waals surface area (Å²) in [6.45, 7) is 2.04. The van der Waals surface area contributed by atoms with Gasteiger partial charge in [0.25, 0.3) is 0 Å². The van der Waals surface area contributed by atoms with Crippen LogP contribution in [0.2, 0.25) is 9.36 Å². The third-order valence-corrected chi connectivity index (χ3v) is 6.39. The molecule has 1 aliphatic rings. The number of imide groups is 3. The molecule has 1 aromatic heterocycles. The number of thiophene rings is 1. The fraction of sp³-hybridized carbons (Fsp3) is 0.0952. The van der Waals surface area contributed by atoms with Crippen LogP contribution in [0.5, 0.6) is 0 Å². The summed E-state index contributed by atoms with van der Waals surface area (Å²) < 4.78 is -0.501. The van der Waals surface area contributed by atoms with E-state index < -0.39 is 22.3 Å². The topological polar surface area (TPSA) is 75.3 Å². The van der Waals surface area contributed by atoms with E-state index in [9.17, 15) is 14.4 Å². The molecule has 0 spiro atoms. The summed E-state index contributed by atoms with van der Waals surface area (Å²) in [5.74, 6) is -1.27. The lowest BCUT2D eigenvalue weighted by Crippen LogP contribution is -2.64. The summed E-state index contributed by atoms with van der Waals surface area (Å²) >= 11 is 13.3. The molecule has 0 saturated heterocycles. The number of halogens is 2. The first-order valence-electron chi connectivity index (χ1n) is 8.98. The molecule has 6 nitrogen and oxygen atoms in total. The molecule has 30 heavy (non-hydrogen) atoms. The summed E-state index contributed by atoms with van der Waals surface area (Å²) in [5, 5.41) is 0.313. The van der Waals surface area contributed by atoms with Gasteiger partial charge in [0.05, 0.1) is 15.5 Å². The van der Waals surface area contributed by atoms with Crippen LogP contribution in [-0.4, -0.2) is 17.8 Å². The summed E-state index contributed by atoms with van der Waals surface area (Å²) in [7, 11) is 0. The quantitative estimate of drug-likeness (QED) is 0.323. The van der Waals surface area contributed by atoms with Gasteiger partial charge in [-0.2, -0.15) is 0 Å². The van der Waals surface area contributed by atoms with Crippen molar-refractivity contribution in [3.63, 3.8) is 0 Å². The number of para-hydroxylation sites is 1. The Morgan fingerprint density at radius 3 is 2.43 bits per heavy atom. The number of urea groups is 1. The molecule has 2 heterocycles. The Morgan fingerprint density at radius 2 is 1.73 bits per heavy atom. The second kappa shape index (κ2) is 7.94. The van der Waals surface area contributed by atoms with E-state index in [1.807, 2.05) is 6.07 Å². The van der Waals surface area contributed by atoms with Crippen LogP contribution in [0.4, 0.5) is 10.5 Å². The van der Waals surface area contributed by atoms with Gasteiger partial charge in [-0.05, 0) is 37.3 Å². The van der Waals surface area contributed by atoms with Crippen LogP contribution in [-0.2, 0) is 6.54 Å². The molecule has 2 N–H and O–H groups in total. The number of aryl methyl sites for hydroxylation is 1. The summed E-state index contributed by atoms with van der Waals surface area (Å²) in [6, 6.07) is 14.0. The maximum Gasteiger partial charge on any atom is 0.451 e. The Balaban J connectivity index is 1.74. The molecule has 0 saturated carbocycles. The minimum Gasteiger partial charge on any atom is -0.238 e. The van der Waals surface area contributed by atoms with Crippen molar-refractivity contribution in [3.05, 3.63) is 85.5 Å². The molecular weight excluding hydrogens is 445 g/mol. The van der Waals surface area contributed by atoms with Crippen molar-refractivity contribution in [2.24, 2.45) is 0 Å². The highest BCUT2D eigenvalue weighted by atomic mass is 35.5. The highest BCUT2D eigenvalue weighted by Gasteiger charge is 2.62. The van der Waals surface area contributed by atoms with Crippen molar-refractivity contribution in [1.29, 1.82) is 0 Å². The second-order valence-corrected chi connectivity index (χ2v) is 8.98. The molecule has 0 aliphatic carbocycles. The maximum absolute atomic E-state index is 13.5. The van der Waals surface area contributed by atoms with Gasteiger partial charge in [-0.25, -0.2) is 25.2 Å². The van der Waals surface area contributed by atoms with Crippen LogP contribution < -0.4 is 15.3 Å². The zero-order valence-corrected chi connectivity index (χ0v) is 18.1. The average Bonchev–Trinajstić information content (AvgIpc) is 3.22. The fourth-order valence-electron chi connectivity index (χ4n) is 3.52. The smallest absolute Gasteiger partial charge is 0.238 e. The lowest BCUT2D eigenvalue weighted by molar-refractivity contribution is 0.0703. The normalized spacial score (nSPS) is 17.8. The number of fused-ring (bicyclic) bond motifs is 1. The summed E-state index contributed by atoms with van der Waals surface area (Å²) in [4.78, 5) is 41.3. The van der Waals surface area contributed by atoms with Gasteiger partial charge in [-0.15, -0.1) is 11.3 Å². The average molecular weight is 461 g/mol. The Hall–Kier alpha value is -2.55. The van der Waals surface area contributed by atoms with E-state index in [4.69, 9.17) is 23.2 Å². The molecule has 0 radical (unpaired) electrons. The third kappa shape index (κ3) is 3.25. The standard InChI is InChI=1S/C21H15Cl2N3O3S/c1-12-4-2-3-5-17(12)26(21(29)25-24-11-14-7-9-18(23)30-14)19(27)15-8-6-13(22)10-16(15)20(26)28/h2-10H,11H2,1H3,(H-,24,25,27,28,29)/p+1.